The van der Waals surface area contributed by atoms with Crippen LogP contribution in [0.25, 0.3) is 6.08 Å². The molecule has 1 aliphatic heterocycles. The van der Waals surface area contributed by atoms with Gasteiger partial charge in [-0.2, -0.15) is 0 Å². The summed E-state index contributed by atoms with van der Waals surface area (Å²) in [5, 5.41) is 21.9. The molecule has 4 rings (SSSR count). The molecular weight excluding hydrogens is 400 g/mol. The average Bonchev–Trinajstić information content (AvgIpc) is 3.00. The smallest absolute Gasteiger partial charge is 0.293 e. The van der Waals surface area contributed by atoms with Crippen LogP contribution in [-0.2, 0) is 11.3 Å². The van der Waals surface area contributed by atoms with Crippen LogP contribution in [-0.4, -0.2) is 26.3 Å². The summed E-state index contributed by atoms with van der Waals surface area (Å²) in [6, 6.07) is 21.5. The number of amides is 2. The first-order chi connectivity index (χ1) is 14.5. The lowest BCUT2D eigenvalue weighted by Gasteiger charge is -2.13. The average molecular weight is 418 g/mol. The number of hydrogen-bond donors (Lipinski definition) is 3. The fourth-order valence-corrected chi connectivity index (χ4v) is 3.82. The summed E-state index contributed by atoms with van der Waals surface area (Å²) < 4.78 is 0. The summed E-state index contributed by atoms with van der Waals surface area (Å²) in [6.07, 6.45) is 1.52. The van der Waals surface area contributed by atoms with Gasteiger partial charge in [0.1, 0.15) is 0 Å². The van der Waals surface area contributed by atoms with E-state index in [1.165, 1.54) is 23.1 Å². The molecule has 0 radical (unpaired) electrons. The molecule has 6 nitrogen and oxygen atoms in total. The van der Waals surface area contributed by atoms with E-state index in [4.69, 9.17) is 0 Å². The van der Waals surface area contributed by atoms with Crippen LogP contribution in [0.4, 0.5) is 16.2 Å². The maximum absolute atomic E-state index is 12.7. The number of hydrogen-bond acceptors (Lipinski definition) is 6. The van der Waals surface area contributed by atoms with Gasteiger partial charge in [-0.05, 0) is 65.4 Å². The van der Waals surface area contributed by atoms with Gasteiger partial charge in [0.25, 0.3) is 11.1 Å². The van der Waals surface area contributed by atoms with Gasteiger partial charge in [-0.3, -0.25) is 14.5 Å². The van der Waals surface area contributed by atoms with Crippen LogP contribution >= 0.6 is 11.8 Å². The molecule has 30 heavy (non-hydrogen) atoms. The summed E-state index contributed by atoms with van der Waals surface area (Å²) in [5.41, 5.74) is 3.24. The Balaban J connectivity index is 1.45. The number of imide groups is 1. The number of carbonyl (C=O) groups is 2. The summed E-state index contributed by atoms with van der Waals surface area (Å²) in [4.78, 5) is 26.5. The molecule has 0 bridgehead atoms. The Morgan fingerprint density at radius 1 is 0.867 bits per heavy atom. The lowest BCUT2D eigenvalue weighted by atomic mass is 10.1. The van der Waals surface area contributed by atoms with E-state index in [9.17, 15) is 19.8 Å². The maximum Gasteiger partial charge on any atom is 0.293 e. The topological polar surface area (TPSA) is 89.9 Å². The molecule has 3 aromatic rings. The van der Waals surface area contributed by atoms with E-state index in [2.05, 4.69) is 5.32 Å². The number of nitrogens with zero attached hydrogens (tertiary/aromatic N) is 1. The highest BCUT2D eigenvalue weighted by Crippen LogP contribution is 2.34. The SMILES string of the molecule is O=C1SC(=Cc2ccc(O)c(O)c2)C(=O)N1Cc1ccc(Nc2ccccc2)cc1. The highest BCUT2D eigenvalue weighted by Gasteiger charge is 2.35. The molecule has 1 saturated heterocycles. The monoisotopic (exact) mass is 418 g/mol. The minimum Gasteiger partial charge on any atom is -0.504 e. The Kier molecular flexibility index (Phi) is 5.45. The fraction of sp³-hybridized carbons (Fsp3) is 0.0435. The Morgan fingerprint density at radius 3 is 2.27 bits per heavy atom. The van der Waals surface area contributed by atoms with Gasteiger partial charge in [0.05, 0.1) is 11.4 Å². The molecule has 3 N–H and O–H groups in total. The van der Waals surface area contributed by atoms with Gasteiger partial charge in [0.15, 0.2) is 11.5 Å². The van der Waals surface area contributed by atoms with Crippen LogP contribution < -0.4 is 5.32 Å². The molecule has 0 spiro atoms. The molecule has 0 atom stereocenters. The molecule has 0 unspecified atom stereocenters. The van der Waals surface area contributed by atoms with Crippen LogP contribution in [0.5, 0.6) is 11.5 Å². The van der Waals surface area contributed by atoms with Crippen molar-refractivity contribution in [1.29, 1.82) is 0 Å². The molecule has 1 heterocycles. The summed E-state index contributed by atoms with van der Waals surface area (Å²) in [6.45, 7) is 0.175. The van der Waals surface area contributed by atoms with E-state index in [1.807, 2.05) is 54.6 Å². The second-order valence-electron chi connectivity index (χ2n) is 6.70. The molecule has 3 aromatic carbocycles. The number of aromatic hydroxyl groups is 2. The number of nitrogens with one attached hydrogen (secondary N) is 1. The summed E-state index contributed by atoms with van der Waals surface area (Å²) >= 11 is 0.853. The normalized spacial score (nSPS) is 15.1. The molecule has 1 aliphatic rings. The van der Waals surface area contributed by atoms with Crippen molar-refractivity contribution in [2.24, 2.45) is 0 Å². The zero-order valence-electron chi connectivity index (χ0n) is 15.8. The number of phenolic OH excluding ortho intramolecular Hbond substituents is 2. The first kappa shape index (κ1) is 19.6. The van der Waals surface area contributed by atoms with Crippen molar-refractivity contribution >= 4 is 40.4 Å². The van der Waals surface area contributed by atoms with Gasteiger partial charge in [-0.15, -0.1) is 0 Å². The second-order valence-corrected chi connectivity index (χ2v) is 7.70. The standard InChI is InChI=1S/C23H18N2O4S/c26-19-11-8-16(12-20(19)27)13-21-22(28)25(23(29)30-21)14-15-6-9-18(10-7-15)24-17-4-2-1-3-5-17/h1-13,24,26-27H,14H2. The van der Waals surface area contributed by atoms with Crippen molar-refractivity contribution in [2.45, 2.75) is 6.54 Å². The quantitative estimate of drug-likeness (QED) is 0.396. The van der Waals surface area contributed by atoms with Crippen molar-refractivity contribution in [3.8, 4) is 11.5 Å². The zero-order chi connectivity index (χ0) is 21.1. The van der Waals surface area contributed by atoms with Crippen LogP contribution in [0.3, 0.4) is 0 Å². The number of rotatable bonds is 5. The van der Waals surface area contributed by atoms with Crippen LogP contribution in [0, 0.1) is 0 Å². The second kappa shape index (κ2) is 8.34. The van der Waals surface area contributed by atoms with Crippen molar-refractivity contribution < 1.29 is 19.8 Å². The van der Waals surface area contributed by atoms with E-state index in [1.54, 1.807) is 6.07 Å². The molecule has 2 amide bonds. The van der Waals surface area contributed by atoms with Crippen molar-refractivity contribution in [3.05, 3.63) is 88.8 Å². The molecule has 7 heteroatoms. The minimum absolute atomic E-state index is 0.175. The van der Waals surface area contributed by atoms with Gasteiger partial charge in [-0.25, -0.2) is 0 Å². The fourth-order valence-electron chi connectivity index (χ4n) is 2.98. The Hall–Kier alpha value is -3.71. The molecule has 0 aromatic heterocycles. The Morgan fingerprint density at radius 2 is 1.57 bits per heavy atom. The summed E-state index contributed by atoms with van der Waals surface area (Å²) in [5.74, 6) is -0.915. The predicted molar refractivity (Wildman–Crippen MR) is 117 cm³/mol. The highest BCUT2D eigenvalue weighted by molar-refractivity contribution is 8.18. The largest absolute Gasteiger partial charge is 0.504 e. The number of thioether (sulfide) groups is 1. The third-order valence-electron chi connectivity index (χ3n) is 4.53. The zero-order valence-corrected chi connectivity index (χ0v) is 16.6. The number of benzene rings is 3. The number of anilines is 2. The Labute approximate surface area is 177 Å². The van der Waals surface area contributed by atoms with Gasteiger partial charge < -0.3 is 15.5 Å². The first-order valence-corrected chi connectivity index (χ1v) is 9.99. The predicted octanol–water partition coefficient (Wildman–Crippen LogP) is 5.08. The van der Waals surface area contributed by atoms with Gasteiger partial charge in [0.2, 0.25) is 0 Å². The molecule has 0 aliphatic carbocycles. The molecular formula is C23H18N2O4S. The summed E-state index contributed by atoms with van der Waals surface area (Å²) in [7, 11) is 0. The highest BCUT2D eigenvalue weighted by atomic mass is 32.2. The van der Waals surface area contributed by atoms with Gasteiger partial charge in [-0.1, -0.05) is 36.4 Å². The van der Waals surface area contributed by atoms with E-state index < -0.39 is 0 Å². The molecule has 0 saturated carbocycles. The van der Waals surface area contributed by atoms with Crippen LogP contribution in [0.15, 0.2) is 77.7 Å². The van der Waals surface area contributed by atoms with Crippen molar-refractivity contribution in [1.82, 2.24) is 4.90 Å². The van der Waals surface area contributed by atoms with E-state index in [-0.39, 0.29) is 34.1 Å². The third-order valence-corrected chi connectivity index (χ3v) is 5.44. The molecule has 1 fully saturated rings. The number of carbonyl (C=O) groups excluding carboxylic acids is 2. The van der Waals surface area contributed by atoms with Crippen LogP contribution in [0.1, 0.15) is 11.1 Å². The van der Waals surface area contributed by atoms with Crippen molar-refractivity contribution in [2.75, 3.05) is 5.32 Å². The number of phenols is 2. The van der Waals surface area contributed by atoms with Gasteiger partial charge in [0, 0.05) is 11.4 Å². The Bertz CT molecular complexity index is 1130. The lowest BCUT2D eigenvalue weighted by Crippen LogP contribution is -2.27. The minimum atomic E-state index is -0.385. The molecule has 150 valence electrons. The first-order valence-electron chi connectivity index (χ1n) is 9.18. The third kappa shape index (κ3) is 4.31. The van der Waals surface area contributed by atoms with E-state index in [0.29, 0.717) is 5.56 Å². The lowest BCUT2D eigenvalue weighted by molar-refractivity contribution is -0.123. The van der Waals surface area contributed by atoms with E-state index in [0.717, 1.165) is 28.7 Å². The van der Waals surface area contributed by atoms with E-state index >= 15 is 0 Å². The van der Waals surface area contributed by atoms with Crippen LogP contribution in [0.2, 0.25) is 0 Å². The van der Waals surface area contributed by atoms with Crippen molar-refractivity contribution in [3.63, 3.8) is 0 Å². The maximum atomic E-state index is 12.7. The van der Waals surface area contributed by atoms with Gasteiger partial charge >= 0.3 is 0 Å². The number of para-hydroxylation sites is 1.